The van der Waals surface area contributed by atoms with Crippen LogP contribution in [-0.4, -0.2) is 51.0 Å². The van der Waals surface area contributed by atoms with Gasteiger partial charge in [-0.2, -0.15) is 29.9 Å². The van der Waals surface area contributed by atoms with E-state index < -0.39 is 17.7 Å². The first-order chi connectivity index (χ1) is 16.2. The van der Waals surface area contributed by atoms with E-state index in [9.17, 15) is 22.8 Å². The first-order valence-corrected chi connectivity index (χ1v) is 12.4. The van der Waals surface area contributed by atoms with Crippen LogP contribution in [0.5, 0.6) is 5.75 Å². The van der Waals surface area contributed by atoms with Gasteiger partial charge in [-0.05, 0) is 12.1 Å². The number of aliphatic carboxylic acids is 1. The van der Waals surface area contributed by atoms with Crippen molar-refractivity contribution in [2.75, 3.05) is 23.7 Å². The number of ether oxygens (including phenoxy) is 1. The molecule has 0 unspecified atom stereocenters. The predicted octanol–water partition coefficient (Wildman–Crippen LogP) is 4.15. The lowest BCUT2D eigenvalue weighted by Gasteiger charge is -2.32. The number of fused-ring (bicyclic) bond motifs is 1. The number of carboxylic acids is 1. The molecule has 0 bridgehead atoms. The van der Waals surface area contributed by atoms with E-state index >= 15 is 0 Å². The third-order valence-electron chi connectivity index (χ3n) is 5.20. The van der Waals surface area contributed by atoms with Crippen molar-refractivity contribution in [3.05, 3.63) is 46.0 Å². The number of nitrogens with zero attached hydrogens (tertiary/aromatic N) is 3. The van der Waals surface area contributed by atoms with Gasteiger partial charge >= 0.3 is 12.1 Å². The molecule has 1 aliphatic rings. The van der Waals surface area contributed by atoms with E-state index in [0.717, 1.165) is 6.07 Å². The molecule has 0 aliphatic carbocycles. The van der Waals surface area contributed by atoms with Crippen LogP contribution in [0.25, 0.3) is 10.3 Å². The largest absolute Gasteiger partial charge is 0.490 e. The number of para-hydroxylation sites is 1. The molecular weight excluding hydrogens is 493 g/mol. The molecule has 1 fully saturated rings. The van der Waals surface area contributed by atoms with Gasteiger partial charge in [0.15, 0.2) is 10.8 Å². The average molecular weight is 515 g/mol. The number of nitrogens with one attached hydrogen (secondary N) is 1. The van der Waals surface area contributed by atoms with E-state index in [1.807, 2.05) is 4.90 Å². The molecule has 182 valence electrons. The van der Waals surface area contributed by atoms with Gasteiger partial charge in [0.05, 0.1) is 17.7 Å². The molecule has 2 N–H and O–H groups in total. The summed E-state index contributed by atoms with van der Waals surface area (Å²) in [5, 5.41) is 9.33. The van der Waals surface area contributed by atoms with Crippen molar-refractivity contribution >= 4 is 44.5 Å². The Balaban J connectivity index is 1.39. The van der Waals surface area contributed by atoms with Crippen LogP contribution in [0.2, 0.25) is 0 Å². The van der Waals surface area contributed by atoms with Gasteiger partial charge in [0.1, 0.15) is 22.4 Å². The third-order valence-corrected chi connectivity index (χ3v) is 7.28. The number of aromatic nitrogens is 3. The molecule has 13 heteroatoms. The van der Waals surface area contributed by atoms with Gasteiger partial charge in [-0.3, -0.25) is 9.59 Å². The van der Waals surface area contributed by atoms with Crippen molar-refractivity contribution in [2.45, 2.75) is 37.3 Å². The van der Waals surface area contributed by atoms with E-state index in [0.29, 0.717) is 58.7 Å². The van der Waals surface area contributed by atoms with Crippen LogP contribution in [0.4, 0.5) is 18.3 Å². The molecule has 0 saturated carbocycles. The van der Waals surface area contributed by atoms with E-state index in [2.05, 4.69) is 15.0 Å². The second kappa shape index (κ2) is 10.2. The summed E-state index contributed by atoms with van der Waals surface area (Å²) in [4.78, 5) is 36.6. The number of rotatable bonds is 8. The Kier molecular flexibility index (Phi) is 7.31. The van der Waals surface area contributed by atoms with Crippen molar-refractivity contribution in [3.63, 3.8) is 0 Å². The number of hydrogen-bond acceptors (Lipinski definition) is 8. The normalized spacial score (nSPS) is 15.1. The number of hydrogen-bond donors (Lipinski definition) is 2. The zero-order chi connectivity index (χ0) is 24.3. The van der Waals surface area contributed by atoms with E-state index in [4.69, 9.17) is 9.84 Å². The van der Waals surface area contributed by atoms with Crippen LogP contribution >= 0.6 is 23.1 Å². The minimum atomic E-state index is -4.48. The fourth-order valence-corrected chi connectivity index (χ4v) is 5.29. The highest BCUT2D eigenvalue weighted by Gasteiger charge is 2.35. The number of carboxylic acid groups (broad SMARTS) is 1. The number of benzene rings is 1. The molecule has 4 rings (SSSR count). The molecule has 34 heavy (non-hydrogen) atoms. The summed E-state index contributed by atoms with van der Waals surface area (Å²) < 4.78 is 45.7. The number of H-pyrrole nitrogens is 1. The van der Waals surface area contributed by atoms with Gasteiger partial charge in [0, 0.05) is 31.7 Å². The number of aromatic amines is 1. The van der Waals surface area contributed by atoms with Gasteiger partial charge in [-0.1, -0.05) is 23.5 Å². The summed E-state index contributed by atoms with van der Waals surface area (Å²) in [5.41, 5.74) is -0.759. The lowest BCUT2D eigenvalue weighted by Crippen LogP contribution is -2.38. The van der Waals surface area contributed by atoms with Crippen molar-refractivity contribution in [1.82, 2.24) is 15.0 Å². The maximum Gasteiger partial charge on any atom is 0.419 e. The van der Waals surface area contributed by atoms with Crippen LogP contribution in [0.15, 0.2) is 29.1 Å². The Morgan fingerprint density at radius 3 is 2.71 bits per heavy atom. The molecule has 0 radical (unpaired) electrons. The van der Waals surface area contributed by atoms with Gasteiger partial charge in [0.25, 0.3) is 5.56 Å². The summed E-state index contributed by atoms with van der Waals surface area (Å²) >= 11 is 2.57. The lowest BCUT2D eigenvalue weighted by atomic mass is 10.1. The average Bonchev–Trinajstić information content (AvgIpc) is 3.22. The minimum absolute atomic E-state index is 0.0272. The fraction of sp³-hybridized carbons (Fsp3) is 0.429. The molecular formula is C21H21F3N4O4S2. The van der Waals surface area contributed by atoms with E-state index in [1.54, 1.807) is 0 Å². The summed E-state index contributed by atoms with van der Waals surface area (Å²) in [6.07, 6.45) is -3.79. The SMILES string of the molecule is O=C(O)CCSCc1nc2nc(N3CCC(Oc4ccccc4C(F)(F)F)CC3)sc2c(=O)[nH]1. The Hall–Kier alpha value is -2.80. The molecule has 1 aliphatic heterocycles. The molecule has 3 aromatic rings. The Labute approximate surface area is 200 Å². The number of halogens is 3. The van der Waals surface area contributed by atoms with E-state index in [1.165, 1.54) is 41.3 Å². The highest BCUT2D eigenvalue weighted by Crippen LogP contribution is 2.37. The second-order valence-electron chi connectivity index (χ2n) is 7.66. The maximum absolute atomic E-state index is 13.2. The highest BCUT2D eigenvalue weighted by molar-refractivity contribution is 7.98. The predicted molar refractivity (Wildman–Crippen MR) is 124 cm³/mol. The molecule has 8 nitrogen and oxygen atoms in total. The van der Waals surface area contributed by atoms with E-state index in [-0.39, 0.29) is 23.8 Å². The van der Waals surface area contributed by atoms with Crippen molar-refractivity contribution in [2.24, 2.45) is 0 Å². The van der Waals surface area contributed by atoms with Crippen LogP contribution in [0.1, 0.15) is 30.7 Å². The van der Waals surface area contributed by atoms with Crippen LogP contribution < -0.4 is 15.2 Å². The Morgan fingerprint density at radius 1 is 1.26 bits per heavy atom. The number of carbonyl (C=O) groups is 1. The van der Waals surface area contributed by atoms with Gasteiger partial charge in [-0.15, -0.1) is 0 Å². The highest BCUT2D eigenvalue weighted by atomic mass is 32.2. The van der Waals surface area contributed by atoms with Crippen LogP contribution in [-0.2, 0) is 16.7 Å². The smallest absolute Gasteiger partial charge is 0.419 e. The molecule has 0 spiro atoms. The molecule has 2 aromatic heterocycles. The summed E-state index contributed by atoms with van der Waals surface area (Å²) in [5.74, 6) is 0.155. The second-order valence-corrected chi connectivity index (χ2v) is 9.74. The van der Waals surface area contributed by atoms with Crippen LogP contribution in [0.3, 0.4) is 0 Å². The van der Waals surface area contributed by atoms with Gasteiger partial charge in [0.2, 0.25) is 0 Å². The first kappa shape index (κ1) is 24.3. The minimum Gasteiger partial charge on any atom is -0.490 e. The summed E-state index contributed by atoms with van der Waals surface area (Å²) in [7, 11) is 0. The summed E-state index contributed by atoms with van der Waals surface area (Å²) in [6.45, 7) is 1.04. The number of thioether (sulfide) groups is 1. The van der Waals surface area contributed by atoms with Gasteiger partial charge < -0.3 is 19.7 Å². The van der Waals surface area contributed by atoms with Crippen LogP contribution in [0, 0.1) is 0 Å². The maximum atomic E-state index is 13.2. The van der Waals surface area contributed by atoms with Crippen molar-refractivity contribution in [3.8, 4) is 5.75 Å². The first-order valence-electron chi connectivity index (χ1n) is 10.5. The van der Waals surface area contributed by atoms with Gasteiger partial charge in [-0.25, -0.2) is 4.98 Å². The number of piperidine rings is 1. The zero-order valence-electron chi connectivity index (χ0n) is 17.8. The van der Waals surface area contributed by atoms with Crippen molar-refractivity contribution in [1.29, 1.82) is 0 Å². The lowest BCUT2D eigenvalue weighted by molar-refractivity contribution is -0.139. The molecule has 0 atom stereocenters. The third kappa shape index (κ3) is 5.81. The Bertz CT molecular complexity index is 1220. The number of thiazole rings is 1. The van der Waals surface area contributed by atoms with Crippen molar-refractivity contribution < 1.29 is 27.8 Å². The topological polar surface area (TPSA) is 108 Å². The standard InChI is InChI=1S/C21H21F3N4O4S2/c22-21(23,24)13-3-1-2-4-14(13)32-12-5-8-28(9-6-12)20-27-18-17(34-20)19(31)26-15(25-18)11-33-10-7-16(29)30/h1-4,12H,5-11H2,(H,29,30)(H,25,26,31). The fourth-order valence-electron chi connectivity index (χ4n) is 3.55. The number of alkyl halides is 3. The summed E-state index contributed by atoms with van der Waals surface area (Å²) in [6, 6.07) is 5.19. The zero-order valence-corrected chi connectivity index (χ0v) is 19.4. The monoisotopic (exact) mass is 514 g/mol. The molecule has 1 saturated heterocycles. The molecule has 3 heterocycles. The number of anilines is 1. The molecule has 1 aromatic carbocycles. The Morgan fingerprint density at radius 2 is 2.00 bits per heavy atom. The quantitative estimate of drug-likeness (QED) is 0.432. The molecule has 0 amide bonds.